The van der Waals surface area contributed by atoms with Crippen LogP contribution in [0.15, 0.2) is 0 Å². The van der Waals surface area contributed by atoms with Gasteiger partial charge in [-0.2, -0.15) is 0 Å². The van der Waals surface area contributed by atoms with Crippen molar-refractivity contribution in [3.05, 3.63) is 0 Å². The predicted molar refractivity (Wildman–Crippen MR) is 29.9 cm³/mol. The van der Waals surface area contributed by atoms with E-state index in [4.69, 9.17) is 10.2 Å². The highest BCUT2D eigenvalue weighted by molar-refractivity contribution is 7.85. The summed E-state index contributed by atoms with van der Waals surface area (Å²) in [4.78, 5) is 0. The van der Waals surface area contributed by atoms with E-state index in [2.05, 4.69) is 0 Å². The zero-order valence-corrected chi connectivity index (χ0v) is 5.10. The second-order valence-corrected chi connectivity index (χ2v) is 3.45. The molecule has 0 bridgehead atoms. The van der Waals surface area contributed by atoms with Crippen molar-refractivity contribution < 1.29 is 14.4 Å². The molecule has 0 radical (unpaired) electrons. The summed E-state index contributed by atoms with van der Waals surface area (Å²) in [6.07, 6.45) is -1.51. The maximum Gasteiger partial charge on any atom is 0.0923 e. The summed E-state index contributed by atoms with van der Waals surface area (Å²) in [7, 11) is -0.983. The normalized spacial score (nSPS) is 47.5. The average Bonchev–Trinajstić information content (AvgIpc) is 1.85. The highest BCUT2D eigenvalue weighted by Crippen LogP contribution is 2.07. The lowest BCUT2D eigenvalue weighted by atomic mass is 10.3. The summed E-state index contributed by atoms with van der Waals surface area (Å²) in [6, 6.07) is 0. The molecule has 0 saturated carbocycles. The van der Waals surface area contributed by atoms with Crippen molar-refractivity contribution in [2.75, 3.05) is 11.5 Å². The van der Waals surface area contributed by atoms with Gasteiger partial charge in [-0.25, -0.2) is 0 Å². The van der Waals surface area contributed by atoms with Crippen LogP contribution in [0.1, 0.15) is 0 Å². The summed E-state index contributed by atoms with van der Waals surface area (Å²) in [5.74, 6) is 0.475. The van der Waals surface area contributed by atoms with Crippen LogP contribution in [0.2, 0.25) is 0 Å². The molecule has 8 heavy (non-hydrogen) atoms. The highest BCUT2D eigenvalue weighted by Gasteiger charge is 2.28. The van der Waals surface area contributed by atoms with E-state index in [1.54, 1.807) is 0 Å². The molecule has 2 unspecified atom stereocenters. The van der Waals surface area contributed by atoms with Gasteiger partial charge in [0.15, 0.2) is 0 Å². The third-order valence-corrected chi connectivity index (χ3v) is 2.58. The monoisotopic (exact) mass is 136 g/mol. The quantitative estimate of drug-likeness (QED) is 0.425. The van der Waals surface area contributed by atoms with Gasteiger partial charge in [-0.3, -0.25) is 4.21 Å². The van der Waals surface area contributed by atoms with Gasteiger partial charge < -0.3 is 10.2 Å². The minimum Gasteiger partial charge on any atom is -0.389 e. The molecule has 0 aliphatic carbocycles. The largest absolute Gasteiger partial charge is 0.389 e. The van der Waals surface area contributed by atoms with Crippen molar-refractivity contribution in [1.29, 1.82) is 0 Å². The summed E-state index contributed by atoms with van der Waals surface area (Å²) >= 11 is 0. The Hall–Kier alpha value is 0.0700. The minimum absolute atomic E-state index is 0.237. The van der Waals surface area contributed by atoms with Gasteiger partial charge in [-0.05, 0) is 0 Å². The van der Waals surface area contributed by atoms with Gasteiger partial charge in [0, 0.05) is 10.8 Å². The first kappa shape index (κ1) is 6.19. The van der Waals surface area contributed by atoms with E-state index in [1.165, 1.54) is 0 Å². The van der Waals surface area contributed by atoms with Crippen LogP contribution in [0.5, 0.6) is 0 Å². The first-order chi connectivity index (χ1) is 3.70. The Bertz CT molecular complexity index is 102. The highest BCUT2D eigenvalue weighted by atomic mass is 32.2. The van der Waals surface area contributed by atoms with Crippen molar-refractivity contribution in [1.82, 2.24) is 0 Å². The van der Waals surface area contributed by atoms with Crippen molar-refractivity contribution in [3.8, 4) is 0 Å². The smallest absolute Gasteiger partial charge is 0.0923 e. The number of aliphatic hydroxyl groups is 2. The lowest BCUT2D eigenvalue weighted by Crippen LogP contribution is -2.22. The molecular formula is C4H8O3S. The molecule has 0 amide bonds. The van der Waals surface area contributed by atoms with Gasteiger partial charge >= 0.3 is 0 Å². The topological polar surface area (TPSA) is 57.5 Å². The molecule has 0 aromatic rings. The third-order valence-electron chi connectivity index (χ3n) is 1.16. The number of hydrogen-bond acceptors (Lipinski definition) is 3. The van der Waals surface area contributed by atoms with Gasteiger partial charge in [0.1, 0.15) is 0 Å². The minimum atomic E-state index is -0.983. The zero-order chi connectivity index (χ0) is 6.15. The van der Waals surface area contributed by atoms with Gasteiger partial charge in [0.25, 0.3) is 0 Å². The van der Waals surface area contributed by atoms with Crippen LogP contribution in [0, 0.1) is 0 Å². The van der Waals surface area contributed by atoms with Crippen molar-refractivity contribution in [3.63, 3.8) is 0 Å². The van der Waals surface area contributed by atoms with E-state index in [0.29, 0.717) is 0 Å². The molecule has 4 heteroatoms. The van der Waals surface area contributed by atoms with E-state index in [1.807, 2.05) is 0 Å². The van der Waals surface area contributed by atoms with Crippen LogP contribution in [0.3, 0.4) is 0 Å². The average molecular weight is 136 g/mol. The summed E-state index contributed by atoms with van der Waals surface area (Å²) < 4.78 is 10.5. The summed E-state index contributed by atoms with van der Waals surface area (Å²) in [5, 5.41) is 17.5. The van der Waals surface area contributed by atoms with Crippen molar-refractivity contribution in [2.45, 2.75) is 12.2 Å². The maximum atomic E-state index is 10.5. The van der Waals surface area contributed by atoms with Crippen LogP contribution in [-0.2, 0) is 10.8 Å². The van der Waals surface area contributed by atoms with Crippen LogP contribution >= 0.6 is 0 Å². The van der Waals surface area contributed by atoms with Crippen LogP contribution in [0.25, 0.3) is 0 Å². The third kappa shape index (κ3) is 1.07. The zero-order valence-electron chi connectivity index (χ0n) is 4.28. The molecule has 1 fully saturated rings. The first-order valence-corrected chi connectivity index (χ1v) is 3.90. The van der Waals surface area contributed by atoms with Crippen LogP contribution in [-0.4, -0.2) is 38.1 Å². The molecule has 2 N–H and O–H groups in total. The maximum absolute atomic E-state index is 10.5. The Morgan fingerprint density at radius 1 is 1.25 bits per heavy atom. The van der Waals surface area contributed by atoms with Gasteiger partial charge in [-0.15, -0.1) is 0 Å². The lowest BCUT2D eigenvalue weighted by molar-refractivity contribution is 0.0572. The molecule has 0 aromatic carbocycles. The molecule has 1 saturated heterocycles. The molecule has 1 aliphatic heterocycles. The Balaban J connectivity index is 2.51. The van der Waals surface area contributed by atoms with Gasteiger partial charge in [0.2, 0.25) is 0 Å². The van der Waals surface area contributed by atoms with E-state index >= 15 is 0 Å². The molecular weight excluding hydrogens is 128 g/mol. The van der Waals surface area contributed by atoms with Crippen molar-refractivity contribution >= 4 is 10.8 Å². The van der Waals surface area contributed by atoms with E-state index in [0.717, 1.165) is 0 Å². The lowest BCUT2D eigenvalue weighted by Gasteiger charge is -2.01. The summed E-state index contributed by atoms with van der Waals surface area (Å²) in [5.41, 5.74) is 0. The van der Waals surface area contributed by atoms with Crippen molar-refractivity contribution in [2.24, 2.45) is 0 Å². The second kappa shape index (κ2) is 2.13. The molecule has 1 aliphatic rings. The molecule has 0 spiro atoms. The molecule has 1 rings (SSSR count). The fourth-order valence-corrected chi connectivity index (χ4v) is 2.01. The van der Waals surface area contributed by atoms with Gasteiger partial charge in [0.05, 0.1) is 23.7 Å². The number of rotatable bonds is 0. The SMILES string of the molecule is O=S1CC(O)C(O)C1. The first-order valence-electron chi connectivity index (χ1n) is 2.41. The Morgan fingerprint density at radius 2 is 1.62 bits per heavy atom. The molecule has 3 nitrogen and oxygen atoms in total. The second-order valence-electron chi connectivity index (χ2n) is 1.91. The Kier molecular flexibility index (Phi) is 1.65. The van der Waals surface area contributed by atoms with E-state index < -0.39 is 23.0 Å². The molecule has 48 valence electrons. The van der Waals surface area contributed by atoms with Gasteiger partial charge in [-0.1, -0.05) is 0 Å². The Labute approximate surface area is 49.8 Å². The number of aliphatic hydroxyl groups excluding tert-OH is 2. The standard InChI is InChI=1S/C4H8O3S/c5-3-1-8(7)2-4(3)6/h3-6H,1-2H2. The molecule has 0 aromatic heterocycles. The Morgan fingerprint density at radius 3 is 1.75 bits per heavy atom. The van der Waals surface area contributed by atoms with E-state index in [9.17, 15) is 4.21 Å². The summed E-state index contributed by atoms with van der Waals surface area (Å²) in [6.45, 7) is 0. The number of hydrogen-bond donors (Lipinski definition) is 2. The van der Waals surface area contributed by atoms with E-state index in [-0.39, 0.29) is 11.5 Å². The van der Waals surface area contributed by atoms with Crippen LogP contribution in [0.4, 0.5) is 0 Å². The molecule has 2 atom stereocenters. The predicted octanol–water partition coefficient (Wildman–Crippen LogP) is -1.53. The fraction of sp³-hybridized carbons (Fsp3) is 1.00. The molecule has 1 heterocycles. The fourth-order valence-electron chi connectivity index (χ4n) is 0.671. The van der Waals surface area contributed by atoms with Crippen LogP contribution < -0.4 is 0 Å².